The van der Waals surface area contributed by atoms with Gasteiger partial charge in [-0.3, -0.25) is 0 Å². The van der Waals surface area contributed by atoms with Crippen LogP contribution in [-0.4, -0.2) is 23.1 Å². The van der Waals surface area contributed by atoms with E-state index in [0.29, 0.717) is 5.92 Å². The molecular formula is C14H17N3O. The third-order valence-corrected chi connectivity index (χ3v) is 4.51. The van der Waals surface area contributed by atoms with E-state index in [2.05, 4.69) is 15.3 Å². The van der Waals surface area contributed by atoms with E-state index in [0.717, 1.165) is 34.5 Å². The summed E-state index contributed by atoms with van der Waals surface area (Å²) >= 11 is 0. The monoisotopic (exact) mass is 243 g/mol. The summed E-state index contributed by atoms with van der Waals surface area (Å²) in [4.78, 5) is 9.34. The van der Waals surface area contributed by atoms with Gasteiger partial charge in [0.1, 0.15) is 11.3 Å². The molecule has 0 amide bonds. The summed E-state index contributed by atoms with van der Waals surface area (Å²) in [6.45, 7) is 4.36. The van der Waals surface area contributed by atoms with Gasteiger partial charge in [-0.2, -0.15) is 0 Å². The molecule has 1 aliphatic heterocycles. The van der Waals surface area contributed by atoms with Gasteiger partial charge in [0.05, 0.1) is 12.0 Å². The largest absolute Gasteiger partial charge is 0.461 e. The highest BCUT2D eigenvalue weighted by atomic mass is 16.3. The van der Waals surface area contributed by atoms with Crippen LogP contribution >= 0.6 is 0 Å². The standard InChI is InChI=1S/C14H17N3O/c1-8-13-12(2-3-18-13)17-14(16-8)9-4-10-6-15-7-11(10)5-9/h2-3,9-11,15H,4-7H2,1H3. The Kier molecular flexibility index (Phi) is 2.21. The van der Waals surface area contributed by atoms with Crippen LogP contribution in [0.25, 0.3) is 11.1 Å². The predicted molar refractivity (Wildman–Crippen MR) is 68.4 cm³/mol. The normalized spacial score (nSPS) is 31.1. The molecule has 1 aliphatic carbocycles. The van der Waals surface area contributed by atoms with Gasteiger partial charge in [-0.1, -0.05) is 0 Å². The van der Waals surface area contributed by atoms with E-state index < -0.39 is 0 Å². The molecule has 94 valence electrons. The number of furan rings is 1. The van der Waals surface area contributed by atoms with E-state index in [1.165, 1.54) is 25.9 Å². The molecule has 1 N–H and O–H groups in total. The van der Waals surface area contributed by atoms with Crippen molar-refractivity contribution in [3.63, 3.8) is 0 Å². The first kappa shape index (κ1) is 10.5. The lowest BCUT2D eigenvalue weighted by molar-refractivity contribution is 0.494. The molecule has 0 spiro atoms. The zero-order valence-electron chi connectivity index (χ0n) is 10.5. The van der Waals surface area contributed by atoms with Crippen molar-refractivity contribution in [3.8, 4) is 0 Å². The van der Waals surface area contributed by atoms with Crippen molar-refractivity contribution in [2.75, 3.05) is 13.1 Å². The molecule has 3 heterocycles. The summed E-state index contributed by atoms with van der Waals surface area (Å²) in [5, 5.41) is 3.48. The highest BCUT2D eigenvalue weighted by Crippen LogP contribution is 2.43. The van der Waals surface area contributed by atoms with Crippen LogP contribution in [0.4, 0.5) is 0 Å². The lowest BCUT2D eigenvalue weighted by atomic mass is 10.0. The van der Waals surface area contributed by atoms with Gasteiger partial charge in [0.15, 0.2) is 5.58 Å². The number of aromatic nitrogens is 2. The predicted octanol–water partition coefficient (Wildman–Crippen LogP) is 2.24. The molecule has 2 aromatic heterocycles. The molecule has 2 fully saturated rings. The fourth-order valence-corrected chi connectivity index (χ4v) is 3.59. The molecule has 0 bridgehead atoms. The molecule has 4 heteroatoms. The molecule has 18 heavy (non-hydrogen) atoms. The molecule has 2 aromatic rings. The summed E-state index contributed by atoms with van der Waals surface area (Å²) in [5.41, 5.74) is 2.75. The van der Waals surface area contributed by atoms with Crippen LogP contribution in [0.15, 0.2) is 16.7 Å². The molecule has 4 nitrogen and oxygen atoms in total. The molecule has 1 saturated heterocycles. The number of aryl methyl sites for hydroxylation is 1. The Morgan fingerprint density at radius 1 is 1.22 bits per heavy atom. The zero-order valence-corrected chi connectivity index (χ0v) is 10.5. The van der Waals surface area contributed by atoms with E-state index in [9.17, 15) is 0 Å². The fourth-order valence-electron chi connectivity index (χ4n) is 3.59. The molecule has 2 atom stereocenters. The van der Waals surface area contributed by atoms with E-state index in [-0.39, 0.29) is 0 Å². The van der Waals surface area contributed by atoms with Crippen molar-refractivity contribution < 1.29 is 4.42 Å². The summed E-state index contributed by atoms with van der Waals surface area (Å²) in [6.07, 6.45) is 4.17. The second-order valence-corrected chi connectivity index (χ2v) is 5.65. The van der Waals surface area contributed by atoms with Crippen molar-refractivity contribution in [2.45, 2.75) is 25.7 Å². The van der Waals surface area contributed by atoms with Crippen LogP contribution in [-0.2, 0) is 0 Å². The van der Waals surface area contributed by atoms with Crippen molar-refractivity contribution in [2.24, 2.45) is 11.8 Å². The second kappa shape index (κ2) is 3.79. The van der Waals surface area contributed by atoms with Gasteiger partial charge >= 0.3 is 0 Å². The average Bonchev–Trinajstić information content (AvgIpc) is 3.02. The van der Waals surface area contributed by atoms with Crippen LogP contribution in [0.5, 0.6) is 0 Å². The van der Waals surface area contributed by atoms with Gasteiger partial charge in [-0.15, -0.1) is 0 Å². The lowest BCUT2D eigenvalue weighted by Crippen LogP contribution is -2.12. The first-order valence-corrected chi connectivity index (χ1v) is 6.73. The number of rotatable bonds is 1. The molecule has 1 saturated carbocycles. The van der Waals surface area contributed by atoms with Crippen molar-refractivity contribution in [1.29, 1.82) is 0 Å². The van der Waals surface area contributed by atoms with Gasteiger partial charge in [-0.25, -0.2) is 9.97 Å². The van der Waals surface area contributed by atoms with Crippen molar-refractivity contribution in [3.05, 3.63) is 23.8 Å². The van der Waals surface area contributed by atoms with Gasteiger partial charge in [0.25, 0.3) is 0 Å². The number of nitrogens with zero attached hydrogens (tertiary/aromatic N) is 2. The molecule has 0 radical (unpaired) electrons. The van der Waals surface area contributed by atoms with Crippen molar-refractivity contribution in [1.82, 2.24) is 15.3 Å². The van der Waals surface area contributed by atoms with Crippen LogP contribution in [0.2, 0.25) is 0 Å². The Morgan fingerprint density at radius 2 is 2.00 bits per heavy atom. The van der Waals surface area contributed by atoms with Gasteiger partial charge in [-0.05, 0) is 44.7 Å². The van der Waals surface area contributed by atoms with Crippen LogP contribution in [0.3, 0.4) is 0 Å². The molecule has 2 unspecified atom stereocenters. The minimum absolute atomic E-state index is 0.542. The molecule has 0 aromatic carbocycles. The summed E-state index contributed by atoms with van der Waals surface area (Å²) in [5.74, 6) is 3.23. The van der Waals surface area contributed by atoms with Crippen LogP contribution in [0.1, 0.15) is 30.3 Å². The third-order valence-electron chi connectivity index (χ3n) is 4.51. The van der Waals surface area contributed by atoms with E-state index in [1.807, 2.05) is 13.0 Å². The topological polar surface area (TPSA) is 51.0 Å². The third kappa shape index (κ3) is 1.48. The van der Waals surface area contributed by atoms with Crippen LogP contribution < -0.4 is 5.32 Å². The summed E-state index contributed by atoms with van der Waals surface area (Å²) in [7, 11) is 0. The smallest absolute Gasteiger partial charge is 0.173 e. The maximum absolute atomic E-state index is 5.41. The summed E-state index contributed by atoms with van der Waals surface area (Å²) in [6, 6.07) is 1.94. The van der Waals surface area contributed by atoms with E-state index in [1.54, 1.807) is 6.26 Å². The molecular weight excluding hydrogens is 226 g/mol. The number of nitrogens with one attached hydrogen (secondary N) is 1. The molecule has 4 rings (SSSR count). The zero-order chi connectivity index (χ0) is 12.1. The van der Waals surface area contributed by atoms with Crippen LogP contribution in [0, 0.1) is 18.8 Å². The first-order valence-electron chi connectivity index (χ1n) is 6.73. The Bertz CT molecular complexity index is 580. The summed E-state index contributed by atoms with van der Waals surface area (Å²) < 4.78 is 5.41. The maximum Gasteiger partial charge on any atom is 0.173 e. The minimum atomic E-state index is 0.542. The van der Waals surface area contributed by atoms with E-state index >= 15 is 0 Å². The average molecular weight is 243 g/mol. The Labute approximate surface area is 106 Å². The SMILES string of the molecule is Cc1nc(C2CC3CNCC3C2)nc2ccoc12. The van der Waals surface area contributed by atoms with E-state index in [4.69, 9.17) is 4.42 Å². The minimum Gasteiger partial charge on any atom is -0.461 e. The Hall–Kier alpha value is -1.42. The lowest BCUT2D eigenvalue weighted by Gasteiger charge is -2.10. The number of hydrogen-bond donors (Lipinski definition) is 1. The Morgan fingerprint density at radius 3 is 2.78 bits per heavy atom. The number of fused-ring (bicyclic) bond motifs is 2. The first-order chi connectivity index (χ1) is 8.81. The quantitative estimate of drug-likeness (QED) is 0.834. The van der Waals surface area contributed by atoms with Crippen molar-refractivity contribution >= 4 is 11.1 Å². The second-order valence-electron chi connectivity index (χ2n) is 5.65. The van der Waals surface area contributed by atoms with Gasteiger partial charge in [0.2, 0.25) is 0 Å². The molecule has 2 aliphatic rings. The van der Waals surface area contributed by atoms with Gasteiger partial charge < -0.3 is 9.73 Å². The highest BCUT2D eigenvalue weighted by Gasteiger charge is 2.39. The van der Waals surface area contributed by atoms with Gasteiger partial charge in [0, 0.05) is 12.0 Å². The number of hydrogen-bond acceptors (Lipinski definition) is 4. The fraction of sp³-hybridized carbons (Fsp3) is 0.571. The Balaban J connectivity index is 1.70. The maximum atomic E-state index is 5.41. The highest BCUT2D eigenvalue weighted by molar-refractivity contribution is 5.74.